The van der Waals surface area contributed by atoms with Crippen LogP contribution in [-0.2, 0) is 6.54 Å². The van der Waals surface area contributed by atoms with Crippen molar-refractivity contribution in [1.82, 2.24) is 15.5 Å². The topological polar surface area (TPSA) is 39.7 Å². The number of hydrogen-bond donors (Lipinski definition) is 2. The molecule has 2 N–H and O–H groups in total. The van der Waals surface area contributed by atoms with Gasteiger partial charge in [0.2, 0.25) is 0 Å². The van der Waals surface area contributed by atoms with Crippen molar-refractivity contribution in [3.63, 3.8) is 0 Å². The van der Waals surface area contributed by atoms with Crippen molar-refractivity contribution in [2.45, 2.75) is 19.5 Å². The van der Waals surface area contributed by atoms with Crippen LogP contribution in [0.1, 0.15) is 22.0 Å². The maximum absolute atomic E-state index is 4.31. The summed E-state index contributed by atoms with van der Waals surface area (Å²) < 4.78 is 0. The van der Waals surface area contributed by atoms with Crippen LogP contribution in [0.25, 0.3) is 0 Å². The second-order valence-electron chi connectivity index (χ2n) is 5.79. The summed E-state index contributed by atoms with van der Waals surface area (Å²) in [7, 11) is 6.02. The van der Waals surface area contributed by atoms with Gasteiger partial charge in [0.15, 0.2) is 5.96 Å². The summed E-state index contributed by atoms with van der Waals surface area (Å²) in [6, 6.07) is 13.2. The van der Waals surface area contributed by atoms with Crippen LogP contribution < -0.4 is 10.6 Å². The summed E-state index contributed by atoms with van der Waals surface area (Å²) in [5.41, 5.74) is 2.53. The number of nitrogens with one attached hydrogen (secondary N) is 2. The van der Waals surface area contributed by atoms with E-state index in [-0.39, 0.29) is 0 Å². The number of hydrogen-bond acceptors (Lipinski definition) is 3. The van der Waals surface area contributed by atoms with E-state index in [2.05, 4.69) is 83.3 Å². The Bertz CT molecular complexity index is 602. The van der Waals surface area contributed by atoms with Gasteiger partial charge in [0.1, 0.15) is 0 Å². The lowest BCUT2D eigenvalue weighted by molar-refractivity contribution is 0.302. The van der Waals surface area contributed by atoms with Crippen molar-refractivity contribution in [3.8, 4) is 0 Å². The fraction of sp³-hybridized carbons (Fsp3) is 0.389. The van der Waals surface area contributed by atoms with Crippen LogP contribution in [0.4, 0.5) is 0 Å². The molecule has 1 aromatic carbocycles. The van der Waals surface area contributed by atoms with Crippen LogP contribution in [0, 0.1) is 6.92 Å². The second-order valence-corrected chi connectivity index (χ2v) is 6.77. The van der Waals surface area contributed by atoms with E-state index in [0.29, 0.717) is 6.04 Å². The van der Waals surface area contributed by atoms with E-state index in [1.54, 1.807) is 18.4 Å². The quantitative estimate of drug-likeness (QED) is 0.632. The molecule has 1 unspecified atom stereocenters. The van der Waals surface area contributed by atoms with E-state index in [9.17, 15) is 0 Å². The van der Waals surface area contributed by atoms with Gasteiger partial charge in [-0.15, -0.1) is 11.3 Å². The molecule has 0 spiro atoms. The van der Waals surface area contributed by atoms with Crippen molar-refractivity contribution in [2.24, 2.45) is 4.99 Å². The molecule has 1 heterocycles. The molecule has 0 amide bonds. The molecule has 0 radical (unpaired) electrons. The highest BCUT2D eigenvalue weighted by atomic mass is 32.1. The van der Waals surface area contributed by atoms with Gasteiger partial charge in [0, 0.05) is 25.0 Å². The minimum atomic E-state index is 0.341. The van der Waals surface area contributed by atoms with Crippen LogP contribution in [0.3, 0.4) is 0 Å². The largest absolute Gasteiger partial charge is 0.354 e. The van der Waals surface area contributed by atoms with Gasteiger partial charge < -0.3 is 15.5 Å². The summed E-state index contributed by atoms with van der Waals surface area (Å²) in [6.07, 6.45) is 0. The third-order valence-electron chi connectivity index (χ3n) is 3.76. The van der Waals surface area contributed by atoms with Gasteiger partial charge in [-0.25, -0.2) is 0 Å². The number of aliphatic imine (C=N–C) groups is 1. The van der Waals surface area contributed by atoms with Gasteiger partial charge in [-0.3, -0.25) is 4.99 Å². The molecule has 4 nitrogen and oxygen atoms in total. The maximum Gasteiger partial charge on any atom is 0.191 e. The van der Waals surface area contributed by atoms with Crippen molar-refractivity contribution >= 4 is 17.3 Å². The zero-order valence-corrected chi connectivity index (χ0v) is 15.2. The maximum atomic E-state index is 4.31. The first-order valence-corrected chi connectivity index (χ1v) is 8.68. The van der Waals surface area contributed by atoms with Crippen molar-refractivity contribution in [2.75, 3.05) is 27.7 Å². The number of aryl methyl sites for hydroxylation is 1. The lowest BCUT2D eigenvalue weighted by Crippen LogP contribution is -2.41. The number of thiophene rings is 1. The summed E-state index contributed by atoms with van der Waals surface area (Å²) >= 11 is 1.79. The number of benzene rings is 1. The fourth-order valence-electron chi connectivity index (χ4n) is 2.32. The Morgan fingerprint density at radius 1 is 1.17 bits per heavy atom. The van der Waals surface area contributed by atoms with Gasteiger partial charge in [-0.2, -0.15) is 0 Å². The van der Waals surface area contributed by atoms with E-state index in [4.69, 9.17) is 0 Å². The highest BCUT2D eigenvalue weighted by molar-refractivity contribution is 7.10. The van der Waals surface area contributed by atoms with Crippen LogP contribution in [-0.4, -0.2) is 38.5 Å². The molecule has 0 bridgehead atoms. The fourth-order valence-corrected chi connectivity index (χ4v) is 3.25. The van der Waals surface area contributed by atoms with Crippen molar-refractivity contribution < 1.29 is 0 Å². The first kappa shape index (κ1) is 17.5. The van der Waals surface area contributed by atoms with Gasteiger partial charge in [-0.1, -0.05) is 35.9 Å². The molecule has 0 aliphatic heterocycles. The number of nitrogens with zero attached hydrogens (tertiary/aromatic N) is 2. The third-order valence-corrected chi connectivity index (χ3v) is 4.74. The van der Waals surface area contributed by atoms with E-state index >= 15 is 0 Å². The Balaban J connectivity index is 1.88. The Morgan fingerprint density at radius 2 is 1.91 bits per heavy atom. The molecule has 0 aliphatic rings. The molecule has 0 saturated carbocycles. The molecular formula is C18H26N4S. The molecule has 23 heavy (non-hydrogen) atoms. The summed E-state index contributed by atoms with van der Waals surface area (Å²) in [5, 5.41) is 8.91. The highest BCUT2D eigenvalue weighted by Gasteiger charge is 2.15. The monoisotopic (exact) mass is 330 g/mol. The van der Waals surface area contributed by atoms with E-state index in [0.717, 1.165) is 19.0 Å². The van der Waals surface area contributed by atoms with Crippen LogP contribution in [0.5, 0.6) is 0 Å². The molecule has 2 rings (SSSR count). The van der Waals surface area contributed by atoms with Crippen LogP contribution in [0.2, 0.25) is 0 Å². The Morgan fingerprint density at radius 3 is 2.48 bits per heavy atom. The first-order valence-electron chi connectivity index (χ1n) is 7.80. The van der Waals surface area contributed by atoms with Gasteiger partial charge in [0.25, 0.3) is 0 Å². The number of rotatable bonds is 6. The summed E-state index contributed by atoms with van der Waals surface area (Å²) in [5.74, 6) is 0.828. The molecule has 1 aromatic heterocycles. The van der Waals surface area contributed by atoms with Gasteiger partial charge in [0.05, 0.1) is 6.04 Å². The highest BCUT2D eigenvalue weighted by Crippen LogP contribution is 2.22. The third kappa shape index (κ3) is 5.37. The molecule has 1 atom stereocenters. The normalized spacial score (nSPS) is 13.2. The number of guanidine groups is 1. The van der Waals surface area contributed by atoms with Crippen molar-refractivity contribution in [3.05, 3.63) is 57.8 Å². The molecule has 5 heteroatoms. The van der Waals surface area contributed by atoms with Gasteiger partial charge >= 0.3 is 0 Å². The predicted molar refractivity (Wildman–Crippen MR) is 100 cm³/mol. The molecule has 2 aromatic rings. The Hall–Kier alpha value is -1.85. The van der Waals surface area contributed by atoms with Crippen LogP contribution >= 0.6 is 11.3 Å². The number of likely N-dealkylation sites (N-methyl/N-ethyl adjacent to an activating group) is 1. The standard InChI is InChI=1S/C18H26N4S/c1-14-7-9-15(10-8-14)12-20-18(19-2)21-13-16(22(3)4)17-6-5-11-23-17/h5-11,16H,12-13H2,1-4H3,(H2,19,20,21). The minimum Gasteiger partial charge on any atom is -0.354 e. The SMILES string of the molecule is CN=C(NCc1ccc(C)cc1)NCC(c1cccs1)N(C)C. The lowest BCUT2D eigenvalue weighted by atomic mass is 10.1. The van der Waals surface area contributed by atoms with Crippen LogP contribution in [0.15, 0.2) is 46.8 Å². The van der Waals surface area contributed by atoms with E-state index in [1.807, 2.05) is 0 Å². The Labute approximate surface area is 143 Å². The lowest BCUT2D eigenvalue weighted by Gasteiger charge is -2.24. The average molecular weight is 331 g/mol. The predicted octanol–water partition coefficient (Wildman–Crippen LogP) is 3.02. The van der Waals surface area contributed by atoms with Crippen molar-refractivity contribution in [1.29, 1.82) is 0 Å². The molecule has 0 aliphatic carbocycles. The molecule has 124 valence electrons. The first-order chi connectivity index (χ1) is 11.1. The molecular weight excluding hydrogens is 304 g/mol. The zero-order valence-electron chi connectivity index (χ0n) is 14.3. The van der Waals surface area contributed by atoms with Gasteiger partial charge in [-0.05, 0) is 38.0 Å². The molecule has 0 saturated heterocycles. The van der Waals surface area contributed by atoms with E-state index < -0.39 is 0 Å². The zero-order chi connectivity index (χ0) is 16.7. The minimum absolute atomic E-state index is 0.341. The average Bonchev–Trinajstić information content (AvgIpc) is 3.06. The summed E-state index contributed by atoms with van der Waals surface area (Å²) in [4.78, 5) is 7.90. The summed E-state index contributed by atoms with van der Waals surface area (Å²) in [6.45, 7) is 3.69. The Kier molecular flexibility index (Phi) is 6.62. The second kappa shape index (κ2) is 8.70. The molecule has 0 fully saturated rings. The van der Waals surface area contributed by atoms with E-state index in [1.165, 1.54) is 16.0 Å². The smallest absolute Gasteiger partial charge is 0.191 e.